The number of benzene rings is 1. The lowest BCUT2D eigenvalue weighted by Crippen LogP contribution is -1.99. The number of anilines is 3. The van der Waals surface area contributed by atoms with Gasteiger partial charge in [-0.15, -0.1) is 11.8 Å². The normalized spacial score (nSPS) is 9.78. The highest BCUT2D eigenvalue weighted by molar-refractivity contribution is 7.98. The molecule has 90 valence electrons. The molecule has 2 aromatic rings. The number of nitrogen functional groups attached to an aromatic ring is 1. The van der Waals surface area contributed by atoms with E-state index in [0.29, 0.717) is 17.1 Å². The summed E-state index contributed by atoms with van der Waals surface area (Å²) in [5.41, 5.74) is 7.67. The van der Waals surface area contributed by atoms with E-state index in [9.17, 15) is 0 Å². The van der Waals surface area contributed by atoms with Gasteiger partial charge in [0.2, 0.25) is 0 Å². The Kier molecular flexibility index (Phi) is 3.70. The minimum absolute atomic E-state index is 0.455. The van der Waals surface area contributed by atoms with Crippen LogP contribution in [-0.4, -0.2) is 11.2 Å². The molecular formula is C13H12N4S. The lowest BCUT2D eigenvalue weighted by atomic mass is 10.2. The Labute approximate surface area is 110 Å². The van der Waals surface area contributed by atoms with Crippen LogP contribution < -0.4 is 11.1 Å². The maximum absolute atomic E-state index is 8.74. The third-order valence-corrected chi connectivity index (χ3v) is 3.10. The molecule has 0 amide bonds. The van der Waals surface area contributed by atoms with Crippen LogP contribution in [0.3, 0.4) is 0 Å². The Hall–Kier alpha value is -2.19. The Morgan fingerprint density at radius 3 is 2.89 bits per heavy atom. The summed E-state index contributed by atoms with van der Waals surface area (Å²) in [5.74, 6) is 0.562. The number of nitriles is 1. The molecule has 0 unspecified atom stereocenters. The minimum Gasteiger partial charge on any atom is -0.396 e. The van der Waals surface area contributed by atoms with Crippen LogP contribution >= 0.6 is 11.8 Å². The molecule has 0 spiro atoms. The van der Waals surface area contributed by atoms with E-state index < -0.39 is 0 Å². The summed E-state index contributed by atoms with van der Waals surface area (Å²) in [6, 6.07) is 11.6. The number of nitrogens with zero attached hydrogens (tertiary/aromatic N) is 2. The second-order valence-electron chi connectivity index (χ2n) is 3.63. The third-order valence-electron chi connectivity index (χ3n) is 2.38. The molecule has 18 heavy (non-hydrogen) atoms. The van der Waals surface area contributed by atoms with E-state index in [0.717, 1.165) is 10.6 Å². The number of pyridine rings is 1. The number of nitrogens with one attached hydrogen (secondary N) is 1. The molecule has 1 heterocycles. The summed E-state index contributed by atoms with van der Waals surface area (Å²) in [6.07, 6.45) is 3.52. The van der Waals surface area contributed by atoms with E-state index in [4.69, 9.17) is 11.0 Å². The maximum Gasteiger partial charge on any atom is 0.153 e. The van der Waals surface area contributed by atoms with Gasteiger partial charge < -0.3 is 11.1 Å². The monoisotopic (exact) mass is 256 g/mol. The van der Waals surface area contributed by atoms with Crippen molar-refractivity contribution >= 4 is 29.0 Å². The third kappa shape index (κ3) is 2.73. The number of thioether (sulfide) groups is 1. The highest BCUT2D eigenvalue weighted by atomic mass is 32.2. The zero-order valence-corrected chi connectivity index (χ0v) is 10.7. The van der Waals surface area contributed by atoms with E-state index in [-0.39, 0.29) is 0 Å². The first-order chi connectivity index (χ1) is 8.72. The van der Waals surface area contributed by atoms with Crippen LogP contribution in [0, 0.1) is 11.3 Å². The fourth-order valence-electron chi connectivity index (χ4n) is 1.48. The quantitative estimate of drug-likeness (QED) is 0.826. The van der Waals surface area contributed by atoms with Crippen molar-refractivity contribution in [1.29, 1.82) is 5.26 Å². The van der Waals surface area contributed by atoms with Gasteiger partial charge in [0.15, 0.2) is 5.82 Å². The van der Waals surface area contributed by atoms with Crippen molar-refractivity contribution in [3.05, 3.63) is 42.1 Å². The molecular weight excluding hydrogens is 244 g/mol. The van der Waals surface area contributed by atoms with Crippen LogP contribution in [0.1, 0.15) is 5.56 Å². The number of aromatic nitrogens is 1. The van der Waals surface area contributed by atoms with Gasteiger partial charge in [0.05, 0.1) is 11.3 Å². The summed E-state index contributed by atoms with van der Waals surface area (Å²) in [7, 11) is 0. The molecule has 0 bridgehead atoms. The lowest BCUT2D eigenvalue weighted by Gasteiger charge is -2.09. The van der Waals surface area contributed by atoms with E-state index in [2.05, 4.69) is 10.3 Å². The van der Waals surface area contributed by atoms with Gasteiger partial charge in [-0.05, 0) is 30.5 Å². The van der Waals surface area contributed by atoms with E-state index in [1.165, 1.54) is 6.20 Å². The standard InChI is InChI=1S/C13H12N4S/c1-18-11-4-2-3-10(6-11)17-13-12(15)5-9(7-14)8-16-13/h2-6,8H,15H2,1H3,(H,16,17). The van der Waals surface area contributed by atoms with E-state index in [1.807, 2.05) is 36.6 Å². The Balaban J connectivity index is 2.26. The van der Waals surface area contributed by atoms with Crippen LogP contribution in [-0.2, 0) is 0 Å². The molecule has 2 rings (SSSR count). The number of hydrogen-bond donors (Lipinski definition) is 2. The van der Waals surface area contributed by atoms with Crippen LogP contribution in [0.2, 0.25) is 0 Å². The van der Waals surface area contributed by atoms with Crippen molar-refractivity contribution in [1.82, 2.24) is 4.98 Å². The van der Waals surface area contributed by atoms with Crippen LogP contribution in [0.5, 0.6) is 0 Å². The molecule has 0 saturated heterocycles. The first-order valence-electron chi connectivity index (χ1n) is 5.29. The van der Waals surface area contributed by atoms with Crippen molar-refractivity contribution in [3.63, 3.8) is 0 Å². The van der Waals surface area contributed by atoms with Gasteiger partial charge in [-0.3, -0.25) is 0 Å². The van der Waals surface area contributed by atoms with Gasteiger partial charge in [0.1, 0.15) is 6.07 Å². The summed E-state index contributed by atoms with van der Waals surface area (Å²) < 4.78 is 0. The molecule has 0 saturated carbocycles. The van der Waals surface area contributed by atoms with Gasteiger partial charge in [-0.25, -0.2) is 4.98 Å². The first-order valence-corrected chi connectivity index (χ1v) is 6.52. The van der Waals surface area contributed by atoms with Crippen molar-refractivity contribution in [2.24, 2.45) is 0 Å². The molecule has 1 aromatic heterocycles. The molecule has 0 aliphatic heterocycles. The Bertz CT molecular complexity index is 604. The van der Waals surface area contributed by atoms with Crippen molar-refractivity contribution in [2.75, 3.05) is 17.3 Å². The fraction of sp³-hybridized carbons (Fsp3) is 0.0769. The highest BCUT2D eigenvalue weighted by Gasteiger charge is 2.03. The summed E-state index contributed by atoms with van der Waals surface area (Å²) in [6.45, 7) is 0. The number of hydrogen-bond acceptors (Lipinski definition) is 5. The summed E-state index contributed by atoms with van der Waals surface area (Å²) in [4.78, 5) is 5.29. The van der Waals surface area contributed by atoms with Gasteiger partial charge in [0.25, 0.3) is 0 Å². The zero-order chi connectivity index (χ0) is 13.0. The smallest absolute Gasteiger partial charge is 0.153 e. The second kappa shape index (κ2) is 5.43. The molecule has 0 atom stereocenters. The van der Waals surface area contributed by atoms with Gasteiger partial charge in [-0.1, -0.05) is 6.07 Å². The van der Waals surface area contributed by atoms with Gasteiger partial charge in [-0.2, -0.15) is 5.26 Å². The molecule has 0 aliphatic carbocycles. The van der Waals surface area contributed by atoms with E-state index >= 15 is 0 Å². The minimum atomic E-state index is 0.455. The van der Waals surface area contributed by atoms with E-state index in [1.54, 1.807) is 17.8 Å². The average Bonchev–Trinajstić information content (AvgIpc) is 2.41. The number of nitrogens with two attached hydrogens (primary N) is 1. The molecule has 0 aliphatic rings. The van der Waals surface area contributed by atoms with Gasteiger partial charge in [0, 0.05) is 16.8 Å². The largest absolute Gasteiger partial charge is 0.396 e. The zero-order valence-electron chi connectivity index (χ0n) is 9.84. The molecule has 5 heteroatoms. The van der Waals surface area contributed by atoms with Crippen molar-refractivity contribution in [3.8, 4) is 6.07 Å². The molecule has 0 radical (unpaired) electrons. The van der Waals surface area contributed by atoms with Crippen LogP contribution in [0.4, 0.5) is 17.2 Å². The highest BCUT2D eigenvalue weighted by Crippen LogP contribution is 2.24. The predicted molar refractivity (Wildman–Crippen MR) is 74.9 cm³/mol. The van der Waals surface area contributed by atoms with Crippen LogP contribution in [0.25, 0.3) is 0 Å². The number of rotatable bonds is 3. The summed E-state index contributed by atoms with van der Waals surface area (Å²) >= 11 is 1.67. The topological polar surface area (TPSA) is 74.7 Å². The first kappa shape index (κ1) is 12.3. The average molecular weight is 256 g/mol. The lowest BCUT2D eigenvalue weighted by molar-refractivity contribution is 1.28. The SMILES string of the molecule is CSc1cccc(Nc2ncc(C#N)cc2N)c1. The molecule has 0 fully saturated rings. The predicted octanol–water partition coefficient (Wildman–Crippen LogP) is 3.00. The maximum atomic E-state index is 8.74. The van der Waals surface area contributed by atoms with Gasteiger partial charge >= 0.3 is 0 Å². The Morgan fingerprint density at radius 2 is 2.22 bits per heavy atom. The fourth-order valence-corrected chi connectivity index (χ4v) is 1.94. The van der Waals surface area contributed by atoms with Crippen LogP contribution in [0.15, 0.2) is 41.4 Å². The van der Waals surface area contributed by atoms with Crippen molar-refractivity contribution in [2.45, 2.75) is 4.90 Å². The molecule has 3 N–H and O–H groups in total. The Morgan fingerprint density at radius 1 is 1.39 bits per heavy atom. The molecule has 1 aromatic carbocycles. The molecule has 4 nitrogen and oxygen atoms in total. The summed E-state index contributed by atoms with van der Waals surface area (Å²) in [5, 5.41) is 11.9. The van der Waals surface area contributed by atoms with Crippen molar-refractivity contribution < 1.29 is 0 Å². The second-order valence-corrected chi connectivity index (χ2v) is 4.51.